The van der Waals surface area contributed by atoms with Crippen molar-refractivity contribution in [3.05, 3.63) is 33.3 Å². The van der Waals surface area contributed by atoms with Crippen LogP contribution in [0.5, 0.6) is 0 Å². The van der Waals surface area contributed by atoms with Gasteiger partial charge in [0.1, 0.15) is 0 Å². The highest BCUT2D eigenvalue weighted by Crippen LogP contribution is 2.47. The topological polar surface area (TPSA) is 35.2 Å². The summed E-state index contributed by atoms with van der Waals surface area (Å²) in [6.45, 7) is 2.95. The van der Waals surface area contributed by atoms with Gasteiger partial charge in [-0.1, -0.05) is 46.4 Å². The Kier molecular flexibility index (Phi) is 4.39. The highest BCUT2D eigenvalue weighted by molar-refractivity contribution is 9.10. The third-order valence-corrected chi connectivity index (χ3v) is 6.17. The molecule has 2 nitrogen and oxygen atoms in total. The van der Waals surface area contributed by atoms with E-state index in [9.17, 15) is 0 Å². The molecule has 1 aromatic rings. The first-order chi connectivity index (χ1) is 9.93. The van der Waals surface area contributed by atoms with E-state index < -0.39 is 5.54 Å². The molecule has 1 heterocycles. The van der Waals surface area contributed by atoms with E-state index in [0.717, 1.165) is 34.5 Å². The number of halogens is 2. The Morgan fingerprint density at radius 2 is 2.10 bits per heavy atom. The van der Waals surface area contributed by atoms with Gasteiger partial charge in [-0.15, -0.1) is 0 Å². The minimum absolute atomic E-state index is 0.0887. The van der Waals surface area contributed by atoms with Crippen molar-refractivity contribution < 1.29 is 4.74 Å². The van der Waals surface area contributed by atoms with Crippen LogP contribution in [0.4, 0.5) is 0 Å². The van der Waals surface area contributed by atoms with E-state index in [1.807, 2.05) is 12.1 Å². The summed E-state index contributed by atoms with van der Waals surface area (Å²) in [6, 6.07) is 6.02. The molecule has 116 valence electrons. The quantitative estimate of drug-likeness (QED) is 0.791. The maximum Gasteiger partial charge on any atom is 0.0686 e. The molecule has 2 fully saturated rings. The Bertz CT molecular complexity index is 526. The standard InChI is InChI=1S/C17H23BrClNO/c1-16(20,14-5-4-13(18)10-15(14)19)12-6-9-21-17(11-12)7-2-3-8-17/h4-5,10,12H,2-3,6-9,11,20H2,1H3. The zero-order valence-electron chi connectivity index (χ0n) is 12.5. The lowest BCUT2D eigenvalue weighted by Gasteiger charge is -2.45. The van der Waals surface area contributed by atoms with Gasteiger partial charge >= 0.3 is 0 Å². The second-order valence-electron chi connectivity index (χ2n) is 6.84. The second-order valence-corrected chi connectivity index (χ2v) is 8.16. The van der Waals surface area contributed by atoms with Crippen molar-refractivity contribution in [3.63, 3.8) is 0 Å². The van der Waals surface area contributed by atoms with Crippen LogP contribution >= 0.6 is 27.5 Å². The number of hydrogen-bond donors (Lipinski definition) is 1. The van der Waals surface area contributed by atoms with E-state index >= 15 is 0 Å². The Hall–Kier alpha value is -0.0900. The minimum Gasteiger partial charge on any atom is -0.375 e. The van der Waals surface area contributed by atoms with Crippen LogP contribution < -0.4 is 5.73 Å². The summed E-state index contributed by atoms with van der Waals surface area (Å²) < 4.78 is 7.13. The van der Waals surface area contributed by atoms with Crippen LogP contribution in [-0.4, -0.2) is 12.2 Å². The maximum atomic E-state index is 6.76. The minimum atomic E-state index is -0.406. The number of rotatable bonds is 2. The van der Waals surface area contributed by atoms with Crippen LogP contribution in [0.2, 0.25) is 5.02 Å². The lowest BCUT2D eigenvalue weighted by Crippen LogP contribution is -2.49. The van der Waals surface area contributed by atoms with Gasteiger partial charge in [-0.2, -0.15) is 0 Å². The SMILES string of the molecule is CC(N)(c1ccc(Br)cc1Cl)C1CCOC2(CCCC2)C1. The van der Waals surface area contributed by atoms with Gasteiger partial charge in [0.2, 0.25) is 0 Å². The maximum absolute atomic E-state index is 6.76. The highest BCUT2D eigenvalue weighted by Gasteiger charge is 2.45. The van der Waals surface area contributed by atoms with Crippen molar-refractivity contribution in [2.75, 3.05) is 6.61 Å². The zero-order valence-corrected chi connectivity index (χ0v) is 14.8. The molecule has 1 saturated heterocycles. The number of hydrogen-bond acceptors (Lipinski definition) is 2. The smallest absolute Gasteiger partial charge is 0.0686 e. The Morgan fingerprint density at radius 1 is 1.38 bits per heavy atom. The average molecular weight is 373 g/mol. The van der Waals surface area contributed by atoms with Gasteiger partial charge in [0.15, 0.2) is 0 Å². The first-order valence-electron chi connectivity index (χ1n) is 7.81. The molecule has 0 aromatic heterocycles. The summed E-state index contributed by atoms with van der Waals surface area (Å²) >= 11 is 9.91. The summed E-state index contributed by atoms with van der Waals surface area (Å²) in [6.07, 6.45) is 7.02. The summed E-state index contributed by atoms with van der Waals surface area (Å²) in [5.74, 6) is 0.419. The van der Waals surface area contributed by atoms with E-state index in [1.165, 1.54) is 25.7 Å². The van der Waals surface area contributed by atoms with Crippen molar-refractivity contribution in [2.24, 2.45) is 11.7 Å². The third-order valence-electron chi connectivity index (χ3n) is 5.37. The fourth-order valence-corrected chi connectivity index (χ4v) is 4.93. The predicted octanol–water partition coefficient (Wildman–Crippen LogP) is 5.02. The van der Waals surface area contributed by atoms with Crippen molar-refractivity contribution >= 4 is 27.5 Å². The first kappa shape index (κ1) is 15.8. The summed E-state index contributed by atoms with van der Waals surface area (Å²) in [5.41, 5.74) is 7.49. The zero-order chi connectivity index (χ0) is 15.1. The van der Waals surface area contributed by atoms with E-state index in [4.69, 9.17) is 22.1 Å². The lowest BCUT2D eigenvalue weighted by molar-refractivity contribution is -0.104. The molecule has 0 radical (unpaired) electrons. The molecule has 1 saturated carbocycles. The molecule has 4 heteroatoms. The number of benzene rings is 1. The van der Waals surface area contributed by atoms with Crippen molar-refractivity contribution in [1.82, 2.24) is 0 Å². The van der Waals surface area contributed by atoms with Crippen molar-refractivity contribution in [3.8, 4) is 0 Å². The van der Waals surface area contributed by atoms with Crippen LogP contribution in [0.3, 0.4) is 0 Å². The molecule has 0 bridgehead atoms. The molecule has 2 N–H and O–H groups in total. The normalized spacial score (nSPS) is 27.7. The predicted molar refractivity (Wildman–Crippen MR) is 90.6 cm³/mol. The van der Waals surface area contributed by atoms with Gasteiger partial charge in [-0.25, -0.2) is 0 Å². The molecular weight excluding hydrogens is 350 g/mol. The van der Waals surface area contributed by atoms with Crippen molar-refractivity contribution in [1.29, 1.82) is 0 Å². The fourth-order valence-electron chi connectivity index (χ4n) is 4.05. The molecular formula is C17H23BrClNO. The average Bonchev–Trinajstić information content (AvgIpc) is 2.86. The highest BCUT2D eigenvalue weighted by atomic mass is 79.9. The molecule has 1 spiro atoms. The summed E-state index contributed by atoms with van der Waals surface area (Å²) in [7, 11) is 0. The van der Waals surface area contributed by atoms with Crippen LogP contribution in [-0.2, 0) is 10.3 Å². The molecule has 0 amide bonds. The molecule has 2 aliphatic rings. The van der Waals surface area contributed by atoms with Gasteiger partial charge < -0.3 is 10.5 Å². The lowest BCUT2D eigenvalue weighted by atomic mass is 9.71. The third kappa shape index (κ3) is 3.03. The number of ether oxygens (including phenoxy) is 1. The fraction of sp³-hybridized carbons (Fsp3) is 0.647. The van der Waals surface area contributed by atoms with Gasteiger partial charge in [0.05, 0.1) is 5.60 Å². The Labute approximate surface area is 140 Å². The van der Waals surface area contributed by atoms with Crippen LogP contribution in [0.1, 0.15) is 51.0 Å². The monoisotopic (exact) mass is 371 g/mol. The van der Waals surface area contributed by atoms with Crippen LogP contribution in [0, 0.1) is 5.92 Å². The van der Waals surface area contributed by atoms with Gasteiger partial charge in [0, 0.05) is 21.6 Å². The van der Waals surface area contributed by atoms with Crippen LogP contribution in [0.15, 0.2) is 22.7 Å². The molecule has 1 aromatic carbocycles. The first-order valence-corrected chi connectivity index (χ1v) is 8.98. The number of nitrogens with two attached hydrogens (primary N) is 1. The second kappa shape index (κ2) is 5.84. The summed E-state index contributed by atoms with van der Waals surface area (Å²) in [4.78, 5) is 0. The molecule has 2 atom stereocenters. The molecule has 21 heavy (non-hydrogen) atoms. The summed E-state index contributed by atoms with van der Waals surface area (Å²) in [5, 5.41) is 0.751. The van der Waals surface area contributed by atoms with Gasteiger partial charge in [0.25, 0.3) is 0 Å². The van der Waals surface area contributed by atoms with Gasteiger partial charge in [-0.3, -0.25) is 0 Å². The van der Waals surface area contributed by atoms with Crippen molar-refractivity contribution in [2.45, 2.75) is 56.6 Å². The van der Waals surface area contributed by atoms with E-state index in [0.29, 0.717) is 5.92 Å². The van der Waals surface area contributed by atoms with Gasteiger partial charge in [-0.05, 0) is 56.2 Å². The largest absolute Gasteiger partial charge is 0.375 e. The van der Waals surface area contributed by atoms with E-state index in [-0.39, 0.29) is 5.60 Å². The molecule has 3 rings (SSSR count). The Balaban J connectivity index is 1.86. The molecule has 1 aliphatic carbocycles. The van der Waals surface area contributed by atoms with E-state index in [1.54, 1.807) is 0 Å². The van der Waals surface area contributed by atoms with Crippen LogP contribution in [0.25, 0.3) is 0 Å². The molecule has 2 unspecified atom stereocenters. The Morgan fingerprint density at radius 3 is 2.76 bits per heavy atom. The molecule has 1 aliphatic heterocycles. The van der Waals surface area contributed by atoms with E-state index in [2.05, 4.69) is 28.9 Å².